The lowest BCUT2D eigenvalue weighted by Gasteiger charge is -2.08. The van der Waals surface area contributed by atoms with E-state index in [1.165, 1.54) is 22.2 Å². The molecule has 0 fully saturated rings. The van der Waals surface area contributed by atoms with Crippen LogP contribution in [0.25, 0.3) is 10.2 Å². The van der Waals surface area contributed by atoms with Crippen LogP contribution in [0.5, 0.6) is 0 Å². The monoisotopic (exact) mass is 307 g/mol. The molecule has 0 bridgehead atoms. The molecule has 1 amide bonds. The van der Waals surface area contributed by atoms with E-state index in [-0.39, 0.29) is 18.0 Å². The van der Waals surface area contributed by atoms with Gasteiger partial charge in [0.05, 0.1) is 11.7 Å². The highest BCUT2D eigenvalue weighted by Crippen LogP contribution is 2.25. The van der Waals surface area contributed by atoms with Crippen molar-refractivity contribution in [2.75, 3.05) is 6.54 Å². The number of hydrogen-bond acceptors (Lipinski definition) is 4. The molecule has 2 rings (SSSR count). The molecule has 0 aliphatic carbocycles. The topological polar surface area (TPSA) is 64.0 Å². The summed E-state index contributed by atoms with van der Waals surface area (Å²) in [7, 11) is 0. The quantitative estimate of drug-likeness (QED) is 0.921. The smallest absolute Gasteiger partial charge is 0.262 e. The number of amides is 1. The van der Waals surface area contributed by atoms with Crippen LogP contribution in [0.2, 0.25) is 0 Å². The van der Waals surface area contributed by atoms with Gasteiger partial charge in [0.1, 0.15) is 11.4 Å². The Labute approximate surface area is 128 Å². The lowest BCUT2D eigenvalue weighted by Crippen LogP contribution is -2.33. The average molecular weight is 307 g/mol. The molecule has 0 saturated carbocycles. The summed E-state index contributed by atoms with van der Waals surface area (Å²) in [5, 5.41) is 3.47. The summed E-state index contributed by atoms with van der Waals surface area (Å²) in [6, 6.07) is 0. The zero-order valence-electron chi connectivity index (χ0n) is 12.9. The second kappa shape index (κ2) is 6.39. The summed E-state index contributed by atoms with van der Waals surface area (Å²) < 4.78 is 1.38. The maximum atomic E-state index is 12.4. The van der Waals surface area contributed by atoms with E-state index in [9.17, 15) is 9.59 Å². The van der Waals surface area contributed by atoms with Crippen molar-refractivity contribution in [1.29, 1.82) is 0 Å². The van der Waals surface area contributed by atoms with Gasteiger partial charge in [-0.1, -0.05) is 13.8 Å². The van der Waals surface area contributed by atoms with Crippen LogP contribution < -0.4 is 10.9 Å². The SMILES string of the molecule is Cc1sc2ncn(CC(=O)NCCC(C)C)c(=O)c2c1C. The van der Waals surface area contributed by atoms with Crippen LogP contribution in [-0.2, 0) is 11.3 Å². The molecule has 114 valence electrons. The predicted octanol–water partition coefficient (Wildman–Crippen LogP) is 2.24. The van der Waals surface area contributed by atoms with Gasteiger partial charge in [-0.3, -0.25) is 14.2 Å². The summed E-state index contributed by atoms with van der Waals surface area (Å²) in [4.78, 5) is 30.4. The highest BCUT2D eigenvalue weighted by Gasteiger charge is 2.13. The Morgan fingerprint density at radius 2 is 2.14 bits per heavy atom. The van der Waals surface area contributed by atoms with Gasteiger partial charge >= 0.3 is 0 Å². The molecule has 2 aromatic heterocycles. The zero-order valence-corrected chi connectivity index (χ0v) is 13.7. The first-order chi connectivity index (χ1) is 9.90. The lowest BCUT2D eigenvalue weighted by atomic mass is 10.1. The predicted molar refractivity (Wildman–Crippen MR) is 85.8 cm³/mol. The Balaban J connectivity index is 2.16. The first-order valence-corrected chi connectivity index (χ1v) is 7.93. The van der Waals surface area contributed by atoms with Gasteiger partial charge in [-0.2, -0.15) is 0 Å². The maximum Gasteiger partial charge on any atom is 0.262 e. The molecule has 0 saturated heterocycles. The minimum Gasteiger partial charge on any atom is -0.355 e. The van der Waals surface area contributed by atoms with Crippen molar-refractivity contribution in [2.45, 2.75) is 40.7 Å². The van der Waals surface area contributed by atoms with E-state index in [1.807, 2.05) is 13.8 Å². The fourth-order valence-corrected chi connectivity index (χ4v) is 3.08. The van der Waals surface area contributed by atoms with Crippen LogP contribution in [0.15, 0.2) is 11.1 Å². The van der Waals surface area contributed by atoms with E-state index in [2.05, 4.69) is 24.1 Å². The Hall–Kier alpha value is -1.69. The van der Waals surface area contributed by atoms with Crippen LogP contribution in [-0.4, -0.2) is 22.0 Å². The number of nitrogens with one attached hydrogen (secondary N) is 1. The van der Waals surface area contributed by atoms with E-state index < -0.39 is 0 Å². The average Bonchev–Trinajstić information content (AvgIpc) is 2.69. The molecule has 0 aliphatic rings. The van der Waals surface area contributed by atoms with Gasteiger partial charge in [-0.15, -0.1) is 11.3 Å². The second-order valence-corrected chi connectivity index (χ2v) is 6.88. The van der Waals surface area contributed by atoms with E-state index in [0.717, 1.165) is 21.7 Å². The number of aromatic nitrogens is 2. The van der Waals surface area contributed by atoms with Crippen LogP contribution in [0.3, 0.4) is 0 Å². The number of rotatable bonds is 5. The first kappa shape index (κ1) is 15.7. The van der Waals surface area contributed by atoms with Crippen molar-refractivity contribution in [1.82, 2.24) is 14.9 Å². The van der Waals surface area contributed by atoms with Crippen molar-refractivity contribution >= 4 is 27.5 Å². The molecule has 0 spiro atoms. The van der Waals surface area contributed by atoms with Crippen molar-refractivity contribution in [3.8, 4) is 0 Å². The van der Waals surface area contributed by atoms with Gasteiger partial charge in [0, 0.05) is 11.4 Å². The molecule has 1 N–H and O–H groups in total. The van der Waals surface area contributed by atoms with E-state index >= 15 is 0 Å². The Bertz CT molecular complexity index is 716. The molecule has 0 radical (unpaired) electrons. The molecule has 6 heteroatoms. The second-order valence-electron chi connectivity index (χ2n) is 5.67. The fourth-order valence-electron chi connectivity index (χ4n) is 2.09. The largest absolute Gasteiger partial charge is 0.355 e. The standard InChI is InChI=1S/C15H21N3O2S/c1-9(2)5-6-16-12(19)7-18-8-17-14-13(15(18)20)10(3)11(4)21-14/h8-9H,5-7H2,1-4H3,(H,16,19). The molecular formula is C15H21N3O2S. The maximum absolute atomic E-state index is 12.4. The van der Waals surface area contributed by atoms with E-state index in [4.69, 9.17) is 0 Å². The number of carbonyl (C=O) groups is 1. The van der Waals surface area contributed by atoms with Crippen LogP contribution in [0.4, 0.5) is 0 Å². The minimum atomic E-state index is -0.150. The van der Waals surface area contributed by atoms with Crippen LogP contribution in [0, 0.1) is 19.8 Å². The molecule has 0 aromatic carbocycles. The molecule has 0 unspecified atom stereocenters. The summed E-state index contributed by atoms with van der Waals surface area (Å²) in [5.74, 6) is 0.394. The van der Waals surface area contributed by atoms with Gasteiger partial charge in [-0.25, -0.2) is 4.98 Å². The third-order valence-corrected chi connectivity index (χ3v) is 4.63. The van der Waals surface area contributed by atoms with Crippen molar-refractivity contribution < 1.29 is 4.79 Å². The molecule has 2 aromatic rings. The van der Waals surface area contributed by atoms with Gasteiger partial charge < -0.3 is 5.32 Å². The molecule has 21 heavy (non-hydrogen) atoms. The fraction of sp³-hybridized carbons (Fsp3) is 0.533. The summed E-state index contributed by atoms with van der Waals surface area (Å²) in [6.07, 6.45) is 2.39. The van der Waals surface area contributed by atoms with Crippen molar-refractivity contribution in [2.24, 2.45) is 5.92 Å². The zero-order chi connectivity index (χ0) is 15.6. The molecule has 5 nitrogen and oxygen atoms in total. The summed E-state index contributed by atoms with van der Waals surface area (Å²) in [5.41, 5.74) is 0.822. The number of carbonyl (C=O) groups excluding carboxylic acids is 1. The lowest BCUT2D eigenvalue weighted by molar-refractivity contribution is -0.121. The van der Waals surface area contributed by atoms with E-state index in [0.29, 0.717) is 17.8 Å². The van der Waals surface area contributed by atoms with Crippen LogP contribution in [0.1, 0.15) is 30.7 Å². The first-order valence-electron chi connectivity index (χ1n) is 7.12. The number of fused-ring (bicyclic) bond motifs is 1. The molecule has 0 aliphatic heterocycles. The van der Waals surface area contributed by atoms with Gasteiger partial charge in [0.15, 0.2) is 0 Å². The summed E-state index contributed by atoms with van der Waals surface area (Å²) in [6.45, 7) is 8.77. The number of thiophene rings is 1. The molecule has 0 atom stereocenters. The number of hydrogen-bond donors (Lipinski definition) is 1. The van der Waals surface area contributed by atoms with Gasteiger partial charge in [0.2, 0.25) is 5.91 Å². The third-order valence-electron chi connectivity index (χ3n) is 3.51. The number of aryl methyl sites for hydroxylation is 2. The van der Waals surface area contributed by atoms with Gasteiger partial charge in [0.25, 0.3) is 5.56 Å². The highest BCUT2D eigenvalue weighted by molar-refractivity contribution is 7.18. The Morgan fingerprint density at radius 1 is 1.43 bits per heavy atom. The normalized spacial score (nSPS) is 11.3. The van der Waals surface area contributed by atoms with Crippen molar-refractivity contribution in [3.05, 3.63) is 27.1 Å². The highest BCUT2D eigenvalue weighted by atomic mass is 32.1. The van der Waals surface area contributed by atoms with E-state index in [1.54, 1.807) is 0 Å². The third kappa shape index (κ3) is 3.50. The Kier molecular flexibility index (Phi) is 4.77. The van der Waals surface area contributed by atoms with Crippen molar-refractivity contribution in [3.63, 3.8) is 0 Å². The van der Waals surface area contributed by atoms with Crippen LogP contribution >= 0.6 is 11.3 Å². The number of nitrogens with zero attached hydrogens (tertiary/aromatic N) is 2. The molecule has 2 heterocycles. The minimum absolute atomic E-state index is 0.0220. The molecular weight excluding hydrogens is 286 g/mol. The Morgan fingerprint density at radius 3 is 2.81 bits per heavy atom. The summed E-state index contributed by atoms with van der Waals surface area (Å²) >= 11 is 1.51. The van der Waals surface area contributed by atoms with Gasteiger partial charge in [-0.05, 0) is 31.7 Å².